The van der Waals surface area contributed by atoms with Gasteiger partial charge in [0.2, 0.25) is 5.91 Å². The van der Waals surface area contributed by atoms with E-state index in [-0.39, 0.29) is 5.91 Å². The average molecular weight is 343 g/mol. The number of carbonyl (C=O) groups excluding carboxylic acids is 1. The Bertz CT molecular complexity index is 672. The van der Waals surface area contributed by atoms with E-state index in [1.54, 1.807) is 19.6 Å². The number of hydrogen-bond donors (Lipinski definition) is 0. The molecule has 2 heterocycles. The molecule has 0 unspecified atom stereocenters. The minimum atomic E-state index is 0.208. The Kier molecular flexibility index (Phi) is 5.93. The van der Waals surface area contributed by atoms with Crippen molar-refractivity contribution in [3.63, 3.8) is 0 Å². The van der Waals surface area contributed by atoms with E-state index < -0.39 is 0 Å². The van der Waals surface area contributed by atoms with E-state index in [1.807, 2.05) is 39.9 Å². The first-order valence-corrected chi connectivity index (χ1v) is 8.75. The molecule has 25 heavy (non-hydrogen) atoms. The van der Waals surface area contributed by atoms with E-state index in [4.69, 9.17) is 9.47 Å². The van der Waals surface area contributed by atoms with Crippen LogP contribution in [0.2, 0.25) is 0 Å². The first kappa shape index (κ1) is 17.3. The summed E-state index contributed by atoms with van der Waals surface area (Å²) in [7, 11) is 1.65. The fraction of sp³-hybridized carbons (Fsp3) is 0.474. The van der Waals surface area contributed by atoms with Crippen molar-refractivity contribution in [1.82, 2.24) is 14.5 Å². The number of amides is 1. The van der Waals surface area contributed by atoms with Crippen molar-refractivity contribution in [3.8, 4) is 11.5 Å². The second-order valence-corrected chi connectivity index (χ2v) is 6.39. The van der Waals surface area contributed by atoms with E-state index in [0.29, 0.717) is 25.5 Å². The number of aromatic nitrogens is 2. The summed E-state index contributed by atoms with van der Waals surface area (Å²) < 4.78 is 13.1. The molecular weight excluding hydrogens is 318 g/mol. The van der Waals surface area contributed by atoms with Crippen LogP contribution in [0.3, 0.4) is 0 Å². The predicted octanol–water partition coefficient (Wildman–Crippen LogP) is 2.60. The molecule has 1 saturated heterocycles. The Morgan fingerprint density at radius 1 is 1.36 bits per heavy atom. The minimum Gasteiger partial charge on any atom is -0.497 e. The molecule has 134 valence electrons. The van der Waals surface area contributed by atoms with E-state index in [9.17, 15) is 4.79 Å². The van der Waals surface area contributed by atoms with Gasteiger partial charge < -0.3 is 18.9 Å². The molecule has 6 nitrogen and oxygen atoms in total. The number of hydrogen-bond acceptors (Lipinski definition) is 4. The molecule has 0 radical (unpaired) electrons. The summed E-state index contributed by atoms with van der Waals surface area (Å²) in [6.45, 7) is 2.92. The van der Waals surface area contributed by atoms with Gasteiger partial charge in [0.05, 0.1) is 20.0 Å². The van der Waals surface area contributed by atoms with Gasteiger partial charge in [0, 0.05) is 50.4 Å². The quantitative estimate of drug-likeness (QED) is 0.775. The van der Waals surface area contributed by atoms with Crippen LogP contribution in [0.25, 0.3) is 0 Å². The maximum atomic E-state index is 12.4. The lowest BCUT2D eigenvalue weighted by Crippen LogP contribution is -2.41. The van der Waals surface area contributed by atoms with E-state index in [0.717, 1.165) is 37.4 Å². The van der Waals surface area contributed by atoms with Crippen LogP contribution >= 0.6 is 0 Å². The topological polar surface area (TPSA) is 56.6 Å². The Morgan fingerprint density at radius 3 is 3.04 bits per heavy atom. The van der Waals surface area contributed by atoms with Gasteiger partial charge in [-0.05, 0) is 25.0 Å². The highest BCUT2D eigenvalue weighted by Crippen LogP contribution is 2.22. The molecule has 1 aromatic heterocycles. The van der Waals surface area contributed by atoms with Crippen molar-refractivity contribution in [2.75, 3.05) is 26.8 Å². The zero-order chi connectivity index (χ0) is 17.5. The summed E-state index contributed by atoms with van der Waals surface area (Å²) in [6.07, 6.45) is 8.00. The third-order valence-corrected chi connectivity index (χ3v) is 4.54. The number of methoxy groups -OCH3 is 1. The lowest BCUT2D eigenvalue weighted by Gasteiger charge is -2.32. The van der Waals surface area contributed by atoms with Gasteiger partial charge in [-0.2, -0.15) is 0 Å². The van der Waals surface area contributed by atoms with Gasteiger partial charge in [-0.25, -0.2) is 4.98 Å². The van der Waals surface area contributed by atoms with Crippen molar-refractivity contribution < 1.29 is 14.3 Å². The summed E-state index contributed by atoms with van der Waals surface area (Å²) in [5.41, 5.74) is 0. The maximum Gasteiger partial charge on any atom is 0.224 e. The third kappa shape index (κ3) is 4.98. The standard InChI is InChI=1S/C19H25N3O3/c1-24-17-5-2-6-18(12-17)25-14-16-4-3-9-22(13-16)19(23)7-10-21-11-8-20-15-21/h2,5-6,8,11-12,15-16H,3-4,7,9-10,13-14H2,1H3/t16-/m0/s1. The van der Waals surface area contributed by atoms with Crippen LogP contribution in [0.4, 0.5) is 0 Å². The maximum absolute atomic E-state index is 12.4. The molecule has 0 spiro atoms. The van der Waals surface area contributed by atoms with Gasteiger partial charge in [-0.1, -0.05) is 6.07 Å². The Labute approximate surface area is 148 Å². The molecule has 0 saturated carbocycles. The number of imidazole rings is 1. The number of likely N-dealkylation sites (tertiary alicyclic amines) is 1. The van der Waals surface area contributed by atoms with Crippen LogP contribution in [0, 0.1) is 5.92 Å². The van der Waals surface area contributed by atoms with Crippen LogP contribution in [0.5, 0.6) is 11.5 Å². The molecule has 0 bridgehead atoms. The van der Waals surface area contributed by atoms with Gasteiger partial charge in [-0.3, -0.25) is 4.79 Å². The molecule has 0 N–H and O–H groups in total. The molecular formula is C19H25N3O3. The van der Waals surface area contributed by atoms with Crippen molar-refractivity contribution in [2.45, 2.75) is 25.8 Å². The molecule has 1 amide bonds. The smallest absolute Gasteiger partial charge is 0.224 e. The molecule has 1 aromatic carbocycles. The van der Waals surface area contributed by atoms with Gasteiger partial charge in [0.15, 0.2) is 0 Å². The van der Waals surface area contributed by atoms with Crippen molar-refractivity contribution >= 4 is 5.91 Å². The highest BCUT2D eigenvalue weighted by atomic mass is 16.5. The zero-order valence-corrected chi connectivity index (χ0v) is 14.6. The third-order valence-electron chi connectivity index (χ3n) is 4.54. The molecule has 1 aliphatic rings. The summed E-state index contributed by atoms with van der Waals surface area (Å²) >= 11 is 0. The number of carbonyl (C=O) groups is 1. The Hall–Kier alpha value is -2.50. The van der Waals surface area contributed by atoms with E-state index >= 15 is 0 Å². The fourth-order valence-electron chi connectivity index (χ4n) is 3.13. The first-order valence-electron chi connectivity index (χ1n) is 8.75. The van der Waals surface area contributed by atoms with Gasteiger partial charge in [-0.15, -0.1) is 0 Å². The Balaban J connectivity index is 1.46. The highest BCUT2D eigenvalue weighted by Gasteiger charge is 2.24. The van der Waals surface area contributed by atoms with E-state index in [2.05, 4.69) is 4.98 Å². The minimum absolute atomic E-state index is 0.208. The number of nitrogens with zero attached hydrogens (tertiary/aromatic N) is 3. The summed E-state index contributed by atoms with van der Waals surface area (Å²) in [5.74, 6) is 2.18. The fourth-order valence-corrected chi connectivity index (χ4v) is 3.13. The normalized spacial score (nSPS) is 17.3. The molecule has 1 aliphatic heterocycles. The second kappa shape index (κ2) is 8.55. The number of ether oxygens (including phenoxy) is 2. The van der Waals surface area contributed by atoms with Crippen LogP contribution in [-0.4, -0.2) is 47.2 Å². The SMILES string of the molecule is COc1cccc(OC[C@H]2CCCN(C(=O)CCn3ccnc3)C2)c1. The molecule has 2 aromatic rings. The van der Waals surface area contributed by atoms with E-state index in [1.165, 1.54) is 0 Å². The monoisotopic (exact) mass is 343 g/mol. The summed E-state index contributed by atoms with van der Waals surface area (Å²) in [6, 6.07) is 7.63. The van der Waals surface area contributed by atoms with Crippen LogP contribution < -0.4 is 9.47 Å². The summed E-state index contributed by atoms with van der Waals surface area (Å²) in [5, 5.41) is 0. The van der Waals surface area contributed by atoms with Gasteiger partial charge in [0.25, 0.3) is 0 Å². The lowest BCUT2D eigenvalue weighted by atomic mass is 9.98. The van der Waals surface area contributed by atoms with Crippen molar-refractivity contribution in [1.29, 1.82) is 0 Å². The largest absolute Gasteiger partial charge is 0.497 e. The highest BCUT2D eigenvalue weighted by molar-refractivity contribution is 5.76. The Morgan fingerprint density at radius 2 is 2.24 bits per heavy atom. The number of piperidine rings is 1. The van der Waals surface area contributed by atoms with Crippen LogP contribution in [-0.2, 0) is 11.3 Å². The molecule has 6 heteroatoms. The number of rotatable bonds is 7. The van der Waals surface area contributed by atoms with Crippen molar-refractivity contribution in [2.24, 2.45) is 5.92 Å². The van der Waals surface area contributed by atoms with Gasteiger partial charge >= 0.3 is 0 Å². The summed E-state index contributed by atoms with van der Waals surface area (Å²) in [4.78, 5) is 18.4. The molecule has 0 aliphatic carbocycles. The number of aryl methyl sites for hydroxylation is 1. The van der Waals surface area contributed by atoms with Gasteiger partial charge in [0.1, 0.15) is 11.5 Å². The molecule has 1 fully saturated rings. The molecule has 1 atom stereocenters. The lowest BCUT2D eigenvalue weighted by molar-refractivity contribution is -0.133. The second-order valence-electron chi connectivity index (χ2n) is 6.39. The predicted molar refractivity (Wildman–Crippen MR) is 94.6 cm³/mol. The van der Waals surface area contributed by atoms with Crippen molar-refractivity contribution in [3.05, 3.63) is 43.0 Å². The zero-order valence-electron chi connectivity index (χ0n) is 14.6. The first-order chi connectivity index (χ1) is 12.2. The average Bonchev–Trinajstić information content (AvgIpc) is 3.18. The van der Waals surface area contributed by atoms with Crippen LogP contribution in [0.15, 0.2) is 43.0 Å². The van der Waals surface area contributed by atoms with Crippen LogP contribution in [0.1, 0.15) is 19.3 Å². The molecule has 3 rings (SSSR count). The number of benzene rings is 1.